The Morgan fingerprint density at radius 1 is 1.47 bits per heavy atom. The van der Waals surface area contributed by atoms with Crippen molar-refractivity contribution in [3.63, 3.8) is 0 Å². The predicted octanol–water partition coefficient (Wildman–Crippen LogP) is 1.62. The Balaban J connectivity index is 2.81. The summed E-state index contributed by atoms with van der Waals surface area (Å²) < 4.78 is 0. The zero-order valence-electron chi connectivity index (χ0n) is 10.2. The van der Waals surface area contributed by atoms with Crippen LogP contribution in [0.3, 0.4) is 0 Å². The number of nitrogens with one attached hydrogen (secondary N) is 1. The van der Waals surface area contributed by atoms with Crippen LogP contribution in [0.5, 0.6) is 0 Å². The van der Waals surface area contributed by atoms with Gasteiger partial charge in [0.05, 0.1) is 5.92 Å². The van der Waals surface area contributed by atoms with Crippen molar-refractivity contribution in [3.05, 3.63) is 29.3 Å². The second kappa shape index (κ2) is 5.34. The van der Waals surface area contributed by atoms with Crippen molar-refractivity contribution in [1.82, 2.24) is 0 Å². The van der Waals surface area contributed by atoms with Crippen molar-refractivity contribution in [2.24, 2.45) is 16.8 Å². The summed E-state index contributed by atoms with van der Waals surface area (Å²) in [5.74, 6) is -1.07. The largest absolute Gasteiger partial charge is 0.409 e. The number of carbonyl (C=O) groups excluding carboxylic acids is 1. The second-order valence-corrected chi connectivity index (χ2v) is 4.05. The molecule has 1 aromatic carbocycles. The maximum Gasteiger partial charge on any atom is 0.234 e. The van der Waals surface area contributed by atoms with E-state index in [0.29, 0.717) is 0 Å². The highest BCUT2D eigenvalue weighted by atomic mass is 16.4. The Hall–Kier alpha value is -2.04. The molecule has 1 rings (SSSR count). The third-order valence-electron chi connectivity index (χ3n) is 2.59. The van der Waals surface area contributed by atoms with Crippen LogP contribution in [-0.2, 0) is 4.79 Å². The van der Waals surface area contributed by atoms with E-state index in [9.17, 15) is 4.79 Å². The lowest BCUT2D eigenvalue weighted by Crippen LogP contribution is -2.32. The first-order chi connectivity index (χ1) is 7.95. The predicted molar refractivity (Wildman–Crippen MR) is 67.1 cm³/mol. The van der Waals surface area contributed by atoms with Gasteiger partial charge in [-0.15, -0.1) is 0 Å². The first-order valence-corrected chi connectivity index (χ1v) is 5.31. The molecule has 1 aromatic rings. The van der Waals surface area contributed by atoms with Crippen molar-refractivity contribution >= 4 is 17.4 Å². The number of oxime groups is 1. The Morgan fingerprint density at radius 2 is 2.12 bits per heavy atom. The van der Waals surface area contributed by atoms with Gasteiger partial charge >= 0.3 is 0 Å². The normalized spacial score (nSPS) is 13.2. The molecule has 0 radical (unpaired) electrons. The van der Waals surface area contributed by atoms with E-state index in [0.717, 1.165) is 16.8 Å². The van der Waals surface area contributed by atoms with Crippen LogP contribution in [-0.4, -0.2) is 17.0 Å². The molecule has 0 aromatic heterocycles. The van der Waals surface area contributed by atoms with Gasteiger partial charge in [-0.25, -0.2) is 0 Å². The molecule has 1 unspecified atom stereocenters. The SMILES string of the molecule is Cc1ccc(NC(=O)C(C)C(N)=NO)c(C)c1. The number of nitrogens with zero attached hydrogens (tertiary/aromatic N) is 1. The van der Waals surface area contributed by atoms with Crippen molar-refractivity contribution < 1.29 is 10.0 Å². The summed E-state index contributed by atoms with van der Waals surface area (Å²) in [6.45, 7) is 5.47. The molecule has 0 spiro atoms. The molecule has 0 fully saturated rings. The van der Waals surface area contributed by atoms with Crippen LogP contribution in [0.15, 0.2) is 23.4 Å². The van der Waals surface area contributed by atoms with Crippen LogP contribution in [0.2, 0.25) is 0 Å². The molecule has 0 aliphatic rings. The number of hydrogen-bond acceptors (Lipinski definition) is 3. The van der Waals surface area contributed by atoms with Gasteiger partial charge in [0.2, 0.25) is 5.91 Å². The summed E-state index contributed by atoms with van der Waals surface area (Å²) in [6.07, 6.45) is 0. The quantitative estimate of drug-likeness (QED) is 0.322. The first kappa shape index (κ1) is 13.0. The van der Waals surface area contributed by atoms with Crippen LogP contribution in [0.1, 0.15) is 18.1 Å². The van der Waals surface area contributed by atoms with E-state index in [-0.39, 0.29) is 11.7 Å². The Kier molecular flexibility index (Phi) is 4.09. The monoisotopic (exact) mass is 235 g/mol. The summed E-state index contributed by atoms with van der Waals surface area (Å²) in [7, 11) is 0. The summed E-state index contributed by atoms with van der Waals surface area (Å²) in [4.78, 5) is 11.8. The molecule has 5 nitrogen and oxygen atoms in total. The van der Waals surface area contributed by atoms with Crippen molar-refractivity contribution in [1.29, 1.82) is 0 Å². The minimum absolute atomic E-state index is 0.104. The minimum atomic E-state index is -0.666. The Morgan fingerprint density at radius 3 is 2.65 bits per heavy atom. The van der Waals surface area contributed by atoms with Crippen LogP contribution in [0, 0.1) is 19.8 Å². The Bertz CT molecular complexity index is 455. The second-order valence-electron chi connectivity index (χ2n) is 4.05. The maximum absolute atomic E-state index is 11.8. The number of amides is 1. The zero-order chi connectivity index (χ0) is 13.0. The van der Waals surface area contributed by atoms with Crippen molar-refractivity contribution in [2.75, 3.05) is 5.32 Å². The van der Waals surface area contributed by atoms with Crippen molar-refractivity contribution in [2.45, 2.75) is 20.8 Å². The van der Waals surface area contributed by atoms with E-state index in [1.807, 2.05) is 32.0 Å². The van der Waals surface area contributed by atoms with Gasteiger partial charge in [0.25, 0.3) is 0 Å². The van der Waals surface area contributed by atoms with Gasteiger partial charge in [0, 0.05) is 5.69 Å². The van der Waals surface area contributed by atoms with E-state index >= 15 is 0 Å². The molecule has 0 bridgehead atoms. The number of aryl methyl sites for hydroxylation is 2. The lowest BCUT2D eigenvalue weighted by molar-refractivity contribution is -0.117. The van der Waals surface area contributed by atoms with E-state index in [1.165, 1.54) is 0 Å². The topological polar surface area (TPSA) is 87.7 Å². The fourth-order valence-corrected chi connectivity index (χ4v) is 1.42. The molecule has 0 heterocycles. The summed E-state index contributed by atoms with van der Waals surface area (Å²) in [5.41, 5.74) is 8.21. The molecule has 17 heavy (non-hydrogen) atoms. The van der Waals surface area contributed by atoms with Crippen LogP contribution in [0.4, 0.5) is 5.69 Å². The number of anilines is 1. The smallest absolute Gasteiger partial charge is 0.234 e. The molecule has 1 amide bonds. The van der Waals surface area contributed by atoms with E-state index in [2.05, 4.69) is 10.5 Å². The van der Waals surface area contributed by atoms with E-state index < -0.39 is 5.92 Å². The molecule has 0 saturated carbocycles. The third-order valence-corrected chi connectivity index (χ3v) is 2.59. The molecule has 4 N–H and O–H groups in total. The molecule has 0 saturated heterocycles. The summed E-state index contributed by atoms with van der Waals surface area (Å²) in [5, 5.41) is 14.1. The highest BCUT2D eigenvalue weighted by Crippen LogP contribution is 2.16. The summed E-state index contributed by atoms with van der Waals surface area (Å²) >= 11 is 0. The molecule has 0 aliphatic carbocycles. The van der Waals surface area contributed by atoms with Gasteiger partial charge in [0.15, 0.2) is 5.84 Å². The molecule has 92 valence electrons. The van der Waals surface area contributed by atoms with Crippen LogP contribution < -0.4 is 11.1 Å². The van der Waals surface area contributed by atoms with Gasteiger partial charge in [-0.2, -0.15) is 0 Å². The molecule has 5 heteroatoms. The first-order valence-electron chi connectivity index (χ1n) is 5.31. The summed E-state index contributed by atoms with van der Waals surface area (Å²) in [6, 6.07) is 5.72. The molecular weight excluding hydrogens is 218 g/mol. The lowest BCUT2D eigenvalue weighted by atomic mass is 10.1. The number of hydrogen-bond donors (Lipinski definition) is 3. The number of nitrogens with two attached hydrogens (primary N) is 1. The third kappa shape index (κ3) is 3.21. The van der Waals surface area contributed by atoms with Gasteiger partial charge in [-0.1, -0.05) is 22.9 Å². The van der Waals surface area contributed by atoms with Crippen LogP contribution >= 0.6 is 0 Å². The fourth-order valence-electron chi connectivity index (χ4n) is 1.42. The van der Waals surface area contributed by atoms with Gasteiger partial charge in [-0.3, -0.25) is 4.79 Å². The molecule has 1 atom stereocenters. The van der Waals surface area contributed by atoms with Crippen molar-refractivity contribution in [3.8, 4) is 0 Å². The number of rotatable bonds is 3. The lowest BCUT2D eigenvalue weighted by Gasteiger charge is -2.12. The maximum atomic E-state index is 11.8. The molecular formula is C12H17N3O2. The Labute approximate surface area is 100 Å². The van der Waals surface area contributed by atoms with Crippen LogP contribution in [0.25, 0.3) is 0 Å². The van der Waals surface area contributed by atoms with E-state index in [1.54, 1.807) is 6.92 Å². The highest BCUT2D eigenvalue weighted by molar-refractivity contribution is 6.07. The minimum Gasteiger partial charge on any atom is -0.409 e. The van der Waals surface area contributed by atoms with E-state index in [4.69, 9.17) is 10.9 Å². The number of amidine groups is 1. The highest BCUT2D eigenvalue weighted by Gasteiger charge is 2.18. The average Bonchev–Trinajstić information content (AvgIpc) is 2.30. The average molecular weight is 235 g/mol. The van der Waals surface area contributed by atoms with Gasteiger partial charge < -0.3 is 16.3 Å². The molecule has 0 aliphatic heterocycles. The zero-order valence-corrected chi connectivity index (χ0v) is 10.2. The van der Waals surface area contributed by atoms with Gasteiger partial charge in [0.1, 0.15) is 0 Å². The standard InChI is InChI=1S/C12H17N3O2/c1-7-4-5-10(8(2)6-7)14-12(16)9(3)11(13)15-17/h4-6,9,17H,1-3H3,(H2,13,15)(H,14,16). The fraction of sp³-hybridized carbons (Fsp3) is 0.333. The number of carbonyl (C=O) groups is 1. The number of benzene rings is 1. The van der Waals surface area contributed by atoms with Gasteiger partial charge in [-0.05, 0) is 32.4 Å².